The Bertz CT molecular complexity index is 1250. The van der Waals surface area contributed by atoms with E-state index in [-0.39, 0.29) is 11.8 Å². The van der Waals surface area contributed by atoms with Crippen LogP contribution in [0.4, 0.5) is 0 Å². The summed E-state index contributed by atoms with van der Waals surface area (Å²) >= 11 is 15.6. The lowest BCUT2D eigenvalue weighted by molar-refractivity contribution is -0.126. The van der Waals surface area contributed by atoms with Crippen molar-refractivity contribution < 1.29 is 14.3 Å². The van der Waals surface area contributed by atoms with E-state index in [2.05, 4.69) is 55.6 Å². The van der Waals surface area contributed by atoms with Crippen molar-refractivity contribution in [3.8, 4) is 11.5 Å². The maximum absolute atomic E-state index is 12.7. The van der Waals surface area contributed by atoms with Gasteiger partial charge in [-0.3, -0.25) is 9.69 Å². The summed E-state index contributed by atoms with van der Waals surface area (Å²) in [5.41, 5.74) is 5.62. The molecule has 194 valence electrons. The zero-order chi connectivity index (χ0) is 26.2. The smallest absolute Gasteiger partial charge is 0.243 e. The number of hydrogen-bond donors (Lipinski definition) is 1. The van der Waals surface area contributed by atoms with Crippen LogP contribution in [0.3, 0.4) is 0 Å². The van der Waals surface area contributed by atoms with Crippen molar-refractivity contribution in [2.24, 2.45) is 11.0 Å². The summed E-state index contributed by atoms with van der Waals surface area (Å²) in [6.45, 7) is 2.96. The fourth-order valence-corrected chi connectivity index (χ4v) is 4.72. The molecule has 1 aliphatic heterocycles. The third-order valence-electron chi connectivity index (χ3n) is 6.23. The van der Waals surface area contributed by atoms with Crippen LogP contribution in [0.5, 0.6) is 11.5 Å². The van der Waals surface area contributed by atoms with Gasteiger partial charge in [-0.15, -0.1) is 0 Å². The number of ether oxygens (including phenoxy) is 2. The molecule has 0 aromatic heterocycles. The molecule has 0 atom stereocenters. The van der Waals surface area contributed by atoms with Crippen molar-refractivity contribution in [2.75, 3.05) is 20.2 Å². The quantitative estimate of drug-likeness (QED) is 0.218. The van der Waals surface area contributed by atoms with E-state index in [0.29, 0.717) is 28.2 Å². The monoisotopic (exact) mass is 603 g/mol. The minimum atomic E-state index is -0.0517. The molecule has 1 amide bonds. The van der Waals surface area contributed by atoms with E-state index < -0.39 is 0 Å². The van der Waals surface area contributed by atoms with E-state index in [1.54, 1.807) is 31.5 Å². The van der Waals surface area contributed by atoms with Crippen molar-refractivity contribution >= 4 is 51.3 Å². The summed E-state index contributed by atoms with van der Waals surface area (Å²) in [6.07, 6.45) is 3.23. The molecule has 1 aliphatic rings. The third-order valence-corrected chi connectivity index (χ3v) is 7.50. The number of hydrazone groups is 1. The average Bonchev–Trinajstić information content (AvgIpc) is 2.91. The lowest BCUT2D eigenvalue weighted by atomic mass is 9.96. The Morgan fingerprint density at radius 3 is 2.46 bits per heavy atom. The summed E-state index contributed by atoms with van der Waals surface area (Å²) in [7, 11) is 1.58. The molecule has 1 fully saturated rings. The highest BCUT2D eigenvalue weighted by Crippen LogP contribution is 2.29. The SMILES string of the molecule is COc1ccc(/C=N\NC(=O)C2CCN(Cc3ccc(Br)cc3)CC2)cc1OCc1ccc(Cl)c(Cl)c1. The fraction of sp³-hybridized carbons (Fsp3) is 0.286. The molecule has 9 heteroatoms. The molecule has 37 heavy (non-hydrogen) atoms. The van der Waals surface area contributed by atoms with Gasteiger partial charge in [-0.1, -0.05) is 57.3 Å². The van der Waals surface area contributed by atoms with Crippen molar-refractivity contribution in [3.63, 3.8) is 0 Å². The lowest BCUT2D eigenvalue weighted by Gasteiger charge is -2.30. The van der Waals surface area contributed by atoms with Crippen molar-refractivity contribution in [2.45, 2.75) is 26.0 Å². The summed E-state index contributed by atoms with van der Waals surface area (Å²) in [4.78, 5) is 15.0. The summed E-state index contributed by atoms with van der Waals surface area (Å²) < 4.78 is 12.4. The Morgan fingerprint density at radius 1 is 1.03 bits per heavy atom. The zero-order valence-electron chi connectivity index (χ0n) is 20.4. The Balaban J connectivity index is 1.27. The van der Waals surface area contributed by atoms with Crippen LogP contribution in [-0.2, 0) is 17.9 Å². The highest BCUT2D eigenvalue weighted by Gasteiger charge is 2.24. The summed E-state index contributed by atoms with van der Waals surface area (Å²) in [6, 6.07) is 19.2. The van der Waals surface area contributed by atoms with Crippen LogP contribution < -0.4 is 14.9 Å². The molecule has 4 rings (SSSR count). The Labute approximate surface area is 235 Å². The Morgan fingerprint density at radius 2 is 1.76 bits per heavy atom. The van der Waals surface area contributed by atoms with E-state index >= 15 is 0 Å². The van der Waals surface area contributed by atoms with Crippen LogP contribution >= 0.6 is 39.1 Å². The third kappa shape index (κ3) is 7.95. The number of rotatable bonds is 9. The van der Waals surface area contributed by atoms with Crippen LogP contribution in [0.2, 0.25) is 10.0 Å². The predicted octanol–water partition coefficient (Wildman–Crippen LogP) is 6.71. The molecule has 3 aromatic carbocycles. The molecule has 0 unspecified atom stereocenters. The van der Waals surface area contributed by atoms with Crippen LogP contribution in [-0.4, -0.2) is 37.2 Å². The van der Waals surface area contributed by atoms with Crippen molar-refractivity contribution in [3.05, 3.63) is 91.9 Å². The number of piperidine rings is 1. The van der Waals surface area contributed by atoms with E-state index in [1.807, 2.05) is 18.2 Å². The number of benzene rings is 3. The molecule has 6 nitrogen and oxygen atoms in total. The number of carbonyl (C=O) groups excluding carboxylic acids is 1. The summed E-state index contributed by atoms with van der Waals surface area (Å²) in [5.74, 6) is 1.06. The number of halogens is 3. The van der Waals surface area contributed by atoms with E-state index in [1.165, 1.54) is 5.56 Å². The number of methoxy groups -OCH3 is 1. The second-order valence-electron chi connectivity index (χ2n) is 8.86. The molecule has 0 bridgehead atoms. The number of carbonyl (C=O) groups is 1. The highest BCUT2D eigenvalue weighted by molar-refractivity contribution is 9.10. The normalized spacial score (nSPS) is 14.6. The van der Waals surface area contributed by atoms with E-state index in [4.69, 9.17) is 32.7 Å². The Kier molecular flexibility index (Phi) is 9.86. The highest BCUT2D eigenvalue weighted by atomic mass is 79.9. The van der Waals surface area contributed by atoms with Gasteiger partial charge in [-0.05, 0) is 85.1 Å². The van der Waals surface area contributed by atoms with E-state index in [0.717, 1.165) is 48.1 Å². The van der Waals surface area contributed by atoms with Gasteiger partial charge in [-0.25, -0.2) is 5.43 Å². The molecule has 1 heterocycles. The first-order valence-electron chi connectivity index (χ1n) is 12.0. The second kappa shape index (κ2) is 13.3. The first-order chi connectivity index (χ1) is 17.9. The van der Waals surface area contributed by atoms with Crippen LogP contribution in [0.15, 0.2) is 70.2 Å². The molecule has 3 aromatic rings. The predicted molar refractivity (Wildman–Crippen MR) is 152 cm³/mol. The molecule has 0 saturated carbocycles. The molecular formula is C28H28BrCl2N3O3. The van der Waals surface area contributed by atoms with Crippen LogP contribution in [0, 0.1) is 5.92 Å². The summed E-state index contributed by atoms with van der Waals surface area (Å²) in [5, 5.41) is 5.15. The first-order valence-corrected chi connectivity index (χ1v) is 13.5. The van der Waals surface area contributed by atoms with Gasteiger partial charge in [0, 0.05) is 16.9 Å². The van der Waals surface area contributed by atoms with Gasteiger partial charge in [-0.2, -0.15) is 5.10 Å². The number of hydrogen-bond acceptors (Lipinski definition) is 5. The van der Waals surface area contributed by atoms with Gasteiger partial charge in [0.2, 0.25) is 5.91 Å². The standard InChI is InChI=1S/C28H28BrCl2N3O3/c1-36-26-9-5-20(15-27(26)37-18-21-4-8-24(30)25(31)14-21)16-32-33-28(35)22-10-12-34(13-11-22)17-19-2-6-23(29)7-3-19/h2-9,14-16,22H,10-13,17-18H2,1H3,(H,33,35)/b32-16-. The maximum atomic E-state index is 12.7. The second-order valence-corrected chi connectivity index (χ2v) is 10.6. The minimum absolute atomic E-state index is 0.0423. The lowest BCUT2D eigenvalue weighted by Crippen LogP contribution is -2.39. The fourth-order valence-electron chi connectivity index (χ4n) is 4.14. The molecule has 1 N–H and O–H groups in total. The van der Waals surface area contributed by atoms with Crippen molar-refractivity contribution in [1.29, 1.82) is 0 Å². The van der Waals surface area contributed by atoms with Crippen LogP contribution in [0.25, 0.3) is 0 Å². The molecular weight excluding hydrogens is 577 g/mol. The molecule has 0 radical (unpaired) electrons. The number of nitrogens with one attached hydrogen (secondary N) is 1. The molecule has 1 saturated heterocycles. The average molecular weight is 605 g/mol. The number of nitrogens with zero attached hydrogens (tertiary/aromatic N) is 2. The van der Waals surface area contributed by atoms with Gasteiger partial charge in [0.15, 0.2) is 11.5 Å². The topological polar surface area (TPSA) is 63.2 Å². The van der Waals surface area contributed by atoms with Gasteiger partial charge in [0.25, 0.3) is 0 Å². The molecule has 0 spiro atoms. The largest absolute Gasteiger partial charge is 0.493 e. The van der Waals surface area contributed by atoms with Gasteiger partial charge in [0.05, 0.1) is 23.4 Å². The van der Waals surface area contributed by atoms with Gasteiger partial charge >= 0.3 is 0 Å². The van der Waals surface area contributed by atoms with Gasteiger partial charge < -0.3 is 9.47 Å². The van der Waals surface area contributed by atoms with Crippen molar-refractivity contribution in [1.82, 2.24) is 10.3 Å². The number of amides is 1. The Hall–Kier alpha value is -2.58. The van der Waals surface area contributed by atoms with E-state index in [9.17, 15) is 4.79 Å². The maximum Gasteiger partial charge on any atom is 0.243 e. The van der Waals surface area contributed by atoms with Gasteiger partial charge in [0.1, 0.15) is 6.61 Å². The zero-order valence-corrected chi connectivity index (χ0v) is 23.5. The molecule has 0 aliphatic carbocycles. The minimum Gasteiger partial charge on any atom is -0.493 e. The van der Waals surface area contributed by atoms with Crippen LogP contribution in [0.1, 0.15) is 29.5 Å². The number of likely N-dealkylation sites (tertiary alicyclic amines) is 1. The first kappa shape index (κ1) is 27.5.